The molecule has 0 saturated heterocycles. The lowest BCUT2D eigenvalue weighted by Gasteiger charge is -2.37. The monoisotopic (exact) mass is 383 g/mol. The molecule has 2 aromatic rings. The van der Waals surface area contributed by atoms with Gasteiger partial charge < -0.3 is 9.30 Å². The van der Waals surface area contributed by atoms with E-state index in [0.29, 0.717) is 18.4 Å². The van der Waals surface area contributed by atoms with Gasteiger partial charge in [0.05, 0.1) is 6.04 Å². The summed E-state index contributed by atoms with van der Waals surface area (Å²) in [5.74, 6) is 1.05. The maximum atomic E-state index is 14.9. The molecule has 0 fully saturated rings. The molecule has 0 radical (unpaired) electrons. The molecule has 0 saturated carbocycles. The average molecular weight is 383 g/mol. The molecular formula is C23H30NO2P. The Balaban J connectivity index is 2.22. The van der Waals surface area contributed by atoms with E-state index in [1.54, 1.807) is 0 Å². The first-order chi connectivity index (χ1) is 12.7. The molecule has 1 aliphatic heterocycles. The summed E-state index contributed by atoms with van der Waals surface area (Å²) in [6.07, 6.45) is 0. The third-order valence-corrected chi connectivity index (χ3v) is 9.02. The van der Waals surface area contributed by atoms with E-state index in [9.17, 15) is 4.57 Å². The second-order valence-corrected chi connectivity index (χ2v) is 11.6. The summed E-state index contributed by atoms with van der Waals surface area (Å²) in [7, 11) is -3.02. The van der Waals surface area contributed by atoms with Crippen LogP contribution in [0.1, 0.15) is 34.6 Å². The highest BCUT2D eigenvalue weighted by atomic mass is 31.2. The molecule has 0 N–H and O–H groups in total. The Morgan fingerprint density at radius 3 is 1.81 bits per heavy atom. The minimum absolute atomic E-state index is 0.129. The number of aliphatic imine (C=N–C) groups is 1. The molecule has 0 unspecified atom stereocenters. The Bertz CT molecular complexity index is 794. The van der Waals surface area contributed by atoms with E-state index in [0.717, 1.165) is 10.6 Å². The molecule has 0 bridgehead atoms. The van der Waals surface area contributed by atoms with Gasteiger partial charge in [-0.1, -0.05) is 95.3 Å². The third kappa shape index (κ3) is 3.89. The molecule has 1 heterocycles. The summed E-state index contributed by atoms with van der Waals surface area (Å²) in [4.78, 5) is 4.89. The fraction of sp³-hybridized carbons (Fsp3) is 0.435. The van der Waals surface area contributed by atoms with E-state index in [2.05, 4.69) is 34.6 Å². The summed E-state index contributed by atoms with van der Waals surface area (Å²) >= 11 is 0. The molecule has 3 rings (SSSR count). The van der Waals surface area contributed by atoms with Crippen LogP contribution >= 0.6 is 7.14 Å². The van der Waals surface area contributed by atoms with Crippen molar-refractivity contribution < 1.29 is 9.30 Å². The predicted octanol–water partition coefficient (Wildman–Crippen LogP) is 4.87. The molecule has 27 heavy (non-hydrogen) atoms. The highest BCUT2D eigenvalue weighted by Crippen LogP contribution is 2.56. The molecule has 3 nitrogen and oxygen atoms in total. The van der Waals surface area contributed by atoms with Crippen LogP contribution in [-0.4, -0.2) is 24.2 Å². The van der Waals surface area contributed by atoms with Crippen LogP contribution in [0.5, 0.6) is 0 Å². The Morgan fingerprint density at radius 1 is 0.963 bits per heavy atom. The summed E-state index contributed by atoms with van der Waals surface area (Å²) in [5.41, 5.74) is -0.579. The van der Waals surface area contributed by atoms with Gasteiger partial charge in [-0.05, 0) is 11.3 Å². The molecule has 2 aromatic carbocycles. The van der Waals surface area contributed by atoms with Crippen LogP contribution in [0, 0.1) is 11.3 Å². The summed E-state index contributed by atoms with van der Waals surface area (Å²) in [6, 6.07) is 19.8. The Kier molecular flexibility index (Phi) is 5.63. The number of ether oxygens (including phenoxy) is 1. The number of nitrogens with zero attached hydrogens (tertiary/aromatic N) is 1. The molecule has 1 aliphatic rings. The molecule has 144 valence electrons. The molecule has 4 heteroatoms. The number of rotatable bonds is 5. The normalized spacial score (nSPS) is 18.9. The van der Waals surface area contributed by atoms with Gasteiger partial charge in [0.2, 0.25) is 0 Å². The van der Waals surface area contributed by atoms with Crippen molar-refractivity contribution >= 4 is 23.6 Å². The van der Waals surface area contributed by atoms with Crippen molar-refractivity contribution in [2.45, 2.75) is 46.3 Å². The van der Waals surface area contributed by atoms with E-state index >= 15 is 0 Å². The molecule has 0 aromatic heterocycles. The highest BCUT2D eigenvalue weighted by molar-refractivity contribution is 7.80. The van der Waals surface area contributed by atoms with Crippen molar-refractivity contribution in [1.29, 1.82) is 0 Å². The first-order valence-corrected chi connectivity index (χ1v) is 11.4. The molecule has 0 amide bonds. The van der Waals surface area contributed by atoms with E-state index in [4.69, 9.17) is 9.73 Å². The van der Waals surface area contributed by atoms with E-state index < -0.39 is 7.14 Å². The summed E-state index contributed by atoms with van der Waals surface area (Å²) in [5, 5.41) is 1.71. The zero-order valence-electron chi connectivity index (χ0n) is 16.9. The van der Waals surface area contributed by atoms with Crippen molar-refractivity contribution in [1.82, 2.24) is 0 Å². The second-order valence-electron chi connectivity index (χ2n) is 8.69. The van der Waals surface area contributed by atoms with Crippen molar-refractivity contribution in [3.05, 3.63) is 60.7 Å². The maximum Gasteiger partial charge on any atom is 0.195 e. The number of hydrogen-bond acceptors (Lipinski definition) is 3. The van der Waals surface area contributed by atoms with Crippen LogP contribution in [-0.2, 0) is 9.30 Å². The molecule has 0 aliphatic carbocycles. The van der Waals surface area contributed by atoms with Crippen molar-refractivity contribution in [2.75, 3.05) is 6.61 Å². The van der Waals surface area contributed by atoms with Gasteiger partial charge in [0.25, 0.3) is 0 Å². The molecular weight excluding hydrogens is 353 g/mol. The van der Waals surface area contributed by atoms with Crippen LogP contribution in [0.4, 0.5) is 0 Å². The van der Waals surface area contributed by atoms with E-state index in [1.807, 2.05) is 60.7 Å². The Labute approximate surface area is 163 Å². The van der Waals surface area contributed by atoms with Crippen LogP contribution < -0.4 is 10.6 Å². The molecule has 0 spiro atoms. The van der Waals surface area contributed by atoms with Gasteiger partial charge in [-0.25, -0.2) is 4.99 Å². The fourth-order valence-electron chi connectivity index (χ4n) is 3.72. The zero-order valence-corrected chi connectivity index (χ0v) is 17.8. The average Bonchev–Trinajstić information content (AvgIpc) is 3.11. The van der Waals surface area contributed by atoms with Crippen LogP contribution in [0.2, 0.25) is 0 Å². The minimum Gasteiger partial charge on any atom is -0.478 e. The van der Waals surface area contributed by atoms with E-state index in [1.165, 1.54) is 0 Å². The van der Waals surface area contributed by atoms with Gasteiger partial charge in [-0.15, -0.1) is 0 Å². The van der Waals surface area contributed by atoms with Crippen molar-refractivity contribution in [3.8, 4) is 0 Å². The minimum atomic E-state index is -3.02. The van der Waals surface area contributed by atoms with Gasteiger partial charge in [-0.2, -0.15) is 0 Å². The standard InChI is InChI=1S/C23H30NO2P/c1-17(2)20-16-26-22(24-20)21(23(3,4)5)27(25,18-12-8-6-9-13-18)19-14-10-7-11-15-19/h6-15,17,20-21H,16H2,1-5H3/t20-,21-/m1/s1. The van der Waals surface area contributed by atoms with Gasteiger partial charge in [0.15, 0.2) is 13.0 Å². The lowest BCUT2D eigenvalue weighted by atomic mass is 9.91. The summed E-state index contributed by atoms with van der Waals surface area (Å²) in [6.45, 7) is 11.3. The van der Waals surface area contributed by atoms with Gasteiger partial charge >= 0.3 is 0 Å². The Morgan fingerprint density at radius 2 is 1.44 bits per heavy atom. The first kappa shape index (κ1) is 19.9. The molecule has 2 atom stereocenters. The van der Waals surface area contributed by atoms with Crippen molar-refractivity contribution in [2.24, 2.45) is 16.3 Å². The quantitative estimate of drug-likeness (QED) is 0.691. The number of hydrogen-bond donors (Lipinski definition) is 0. The topological polar surface area (TPSA) is 38.7 Å². The highest BCUT2D eigenvalue weighted by Gasteiger charge is 2.49. The van der Waals surface area contributed by atoms with Crippen molar-refractivity contribution in [3.63, 3.8) is 0 Å². The summed E-state index contributed by atoms with van der Waals surface area (Å²) < 4.78 is 20.9. The predicted molar refractivity (Wildman–Crippen MR) is 115 cm³/mol. The SMILES string of the molecule is CC(C)[C@H]1COC([C@H](C(C)(C)C)P(=O)(c2ccccc2)c2ccccc2)=N1. The van der Waals surface area contributed by atoms with Gasteiger partial charge in [0.1, 0.15) is 12.3 Å². The fourth-order valence-corrected chi connectivity index (χ4v) is 7.38. The largest absolute Gasteiger partial charge is 0.478 e. The maximum absolute atomic E-state index is 14.9. The Hall–Kier alpha value is -1.86. The van der Waals surface area contributed by atoms with Gasteiger partial charge in [0, 0.05) is 10.6 Å². The smallest absolute Gasteiger partial charge is 0.195 e. The second kappa shape index (κ2) is 7.64. The number of benzene rings is 2. The van der Waals surface area contributed by atoms with Crippen LogP contribution in [0.15, 0.2) is 65.7 Å². The third-order valence-electron chi connectivity index (χ3n) is 5.16. The lowest BCUT2D eigenvalue weighted by molar-refractivity contribution is 0.274. The van der Waals surface area contributed by atoms with Gasteiger partial charge in [-0.3, -0.25) is 0 Å². The van der Waals surface area contributed by atoms with Crippen LogP contribution in [0.3, 0.4) is 0 Å². The van der Waals surface area contributed by atoms with E-state index in [-0.39, 0.29) is 17.1 Å². The lowest BCUT2D eigenvalue weighted by Crippen LogP contribution is -2.41. The van der Waals surface area contributed by atoms with Crippen LogP contribution in [0.25, 0.3) is 0 Å². The first-order valence-electron chi connectivity index (χ1n) is 9.66. The zero-order chi connectivity index (χ0) is 19.7.